The molecular formula is C28H36Cl2N4O6S. The van der Waals surface area contributed by atoms with Crippen LogP contribution in [-0.2, 0) is 30.7 Å². The number of halogens is 2. The van der Waals surface area contributed by atoms with Crippen LogP contribution in [0, 0.1) is 0 Å². The Morgan fingerprint density at radius 1 is 1.12 bits per heavy atom. The first-order valence-corrected chi connectivity index (χ1v) is 15.5. The van der Waals surface area contributed by atoms with Gasteiger partial charge in [-0.05, 0) is 45.4 Å². The molecular weight excluding hydrogens is 591 g/mol. The maximum Gasteiger partial charge on any atom is 0.416 e. The van der Waals surface area contributed by atoms with E-state index < -0.39 is 21.5 Å². The van der Waals surface area contributed by atoms with E-state index in [-0.39, 0.29) is 52.4 Å². The maximum absolute atomic E-state index is 12.6. The van der Waals surface area contributed by atoms with E-state index in [1.807, 2.05) is 45.0 Å². The summed E-state index contributed by atoms with van der Waals surface area (Å²) in [5.74, 6) is 0.0965. The number of hydrogen-bond acceptors (Lipinski definition) is 9. The van der Waals surface area contributed by atoms with Gasteiger partial charge in [0.15, 0.2) is 15.6 Å². The van der Waals surface area contributed by atoms with E-state index in [2.05, 4.69) is 15.6 Å². The number of ether oxygens (including phenoxy) is 2. The van der Waals surface area contributed by atoms with Crippen LogP contribution in [0.15, 0.2) is 52.4 Å². The van der Waals surface area contributed by atoms with Crippen LogP contribution >= 0.6 is 23.2 Å². The lowest BCUT2D eigenvalue weighted by Gasteiger charge is -2.25. The van der Waals surface area contributed by atoms with Gasteiger partial charge in [-0.2, -0.15) is 0 Å². The minimum atomic E-state index is -3.70. The Hall–Kier alpha value is -2.54. The van der Waals surface area contributed by atoms with Crippen molar-refractivity contribution in [1.29, 1.82) is 0 Å². The summed E-state index contributed by atoms with van der Waals surface area (Å²) in [5, 5.41) is 6.12. The first kappa shape index (κ1) is 33.0. The molecule has 3 rings (SSSR count). The second-order valence-corrected chi connectivity index (χ2v) is 13.4. The van der Waals surface area contributed by atoms with Crippen LogP contribution in [0.5, 0.6) is 0 Å². The summed E-state index contributed by atoms with van der Waals surface area (Å²) < 4.78 is 36.1. The van der Waals surface area contributed by atoms with Crippen LogP contribution in [0.4, 0.5) is 4.79 Å². The molecule has 13 heteroatoms. The van der Waals surface area contributed by atoms with Crippen LogP contribution in [0.25, 0.3) is 0 Å². The van der Waals surface area contributed by atoms with E-state index in [1.54, 1.807) is 11.8 Å². The Balaban J connectivity index is 1.36. The van der Waals surface area contributed by atoms with E-state index in [9.17, 15) is 18.0 Å². The Morgan fingerprint density at radius 3 is 2.51 bits per heavy atom. The second kappa shape index (κ2) is 14.6. The summed E-state index contributed by atoms with van der Waals surface area (Å²) in [6, 6.07) is 11.7. The maximum atomic E-state index is 12.6. The van der Waals surface area contributed by atoms with Crippen LogP contribution < -0.4 is 10.6 Å². The fourth-order valence-corrected chi connectivity index (χ4v) is 5.86. The van der Waals surface area contributed by atoms with Crippen molar-refractivity contribution in [2.45, 2.75) is 50.8 Å². The number of carbonyl (C=O) groups is 2. The average Bonchev–Trinajstić information content (AvgIpc) is 3.39. The van der Waals surface area contributed by atoms with Crippen molar-refractivity contribution in [1.82, 2.24) is 15.5 Å². The van der Waals surface area contributed by atoms with E-state index in [0.717, 1.165) is 11.1 Å². The van der Waals surface area contributed by atoms with E-state index in [1.165, 1.54) is 18.2 Å². The number of amides is 1. The number of carbonyl (C=O) groups excluding carboxylic acids is 2. The highest BCUT2D eigenvalue weighted by Gasteiger charge is 2.29. The van der Waals surface area contributed by atoms with Gasteiger partial charge in [0.25, 0.3) is 0 Å². The third kappa shape index (κ3) is 10.1. The van der Waals surface area contributed by atoms with Crippen molar-refractivity contribution >= 4 is 50.8 Å². The molecule has 0 fully saturated rings. The minimum absolute atomic E-state index is 0.0121. The normalized spacial score (nSPS) is 14.6. The molecule has 1 aliphatic heterocycles. The fourth-order valence-electron chi connectivity index (χ4n) is 3.82. The van der Waals surface area contributed by atoms with Crippen molar-refractivity contribution in [3.05, 3.63) is 63.6 Å². The van der Waals surface area contributed by atoms with Gasteiger partial charge in [0.2, 0.25) is 0 Å². The second-order valence-electron chi connectivity index (χ2n) is 10.6. The summed E-state index contributed by atoms with van der Waals surface area (Å²) in [6.07, 6.45) is -0.419. The quantitative estimate of drug-likeness (QED) is 0.341. The van der Waals surface area contributed by atoms with Gasteiger partial charge in [0.05, 0.1) is 41.2 Å². The molecule has 0 saturated carbocycles. The Bertz CT molecular complexity index is 1360. The fraction of sp³-hybridized carbons (Fsp3) is 0.464. The summed E-state index contributed by atoms with van der Waals surface area (Å²) in [5.41, 5.74) is 1.19. The number of rotatable bonds is 13. The minimum Gasteiger partial charge on any atom is -0.443 e. The van der Waals surface area contributed by atoms with Gasteiger partial charge in [0, 0.05) is 18.2 Å². The van der Waals surface area contributed by atoms with E-state index in [4.69, 9.17) is 32.7 Å². The highest BCUT2D eigenvalue weighted by Crippen LogP contribution is 2.29. The number of nitrogens with zero attached hydrogens (tertiary/aromatic N) is 2. The molecule has 1 aliphatic rings. The number of sulfone groups is 1. The monoisotopic (exact) mass is 626 g/mol. The molecule has 41 heavy (non-hydrogen) atoms. The molecule has 2 aromatic carbocycles. The van der Waals surface area contributed by atoms with Crippen molar-refractivity contribution in [2.24, 2.45) is 4.99 Å². The number of amidine groups is 1. The topological polar surface area (TPSA) is 126 Å². The number of benzene rings is 2. The first-order chi connectivity index (χ1) is 19.3. The van der Waals surface area contributed by atoms with Crippen LogP contribution in [-0.4, -0.2) is 81.4 Å². The predicted octanol–water partition coefficient (Wildman–Crippen LogP) is 4.08. The summed E-state index contributed by atoms with van der Waals surface area (Å²) in [6.45, 7) is 8.85. The highest BCUT2D eigenvalue weighted by atomic mass is 35.5. The molecule has 224 valence electrons. The standard InChI is InChI=1S/C28H36Cl2N4O6S/c1-19(33-18-41(37,38)24-7-5-6-23(29)25(24)30)16-39-17-22(35)15-31-14-20-8-10-21(11-9-20)26-32-12-13-34(26)27(36)40-28(2,3)4/h5-11,19,31,33H,12-18H2,1-4H3. The molecule has 0 spiro atoms. The molecule has 1 amide bonds. The SMILES string of the molecule is CC(COCC(=O)CNCc1ccc(C2=NCCN2C(=O)OC(C)(C)C)cc1)NCS(=O)(=O)c1cccc(Cl)c1Cl. The Kier molecular flexibility index (Phi) is 11.7. The lowest BCUT2D eigenvalue weighted by molar-refractivity contribution is -0.122. The summed E-state index contributed by atoms with van der Waals surface area (Å²) in [4.78, 5) is 30.7. The Labute approximate surface area is 251 Å². The van der Waals surface area contributed by atoms with Gasteiger partial charge in [0.1, 0.15) is 23.9 Å². The predicted molar refractivity (Wildman–Crippen MR) is 159 cm³/mol. The van der Waals surface area contributed by atoms with Gasteiger partial charge in [-0.25, -0.2) is 13.2 Å². The van der Waals surface area contributed by atoms with E-state index >= 15 is 0 Å². The molecule has 1 unspecified atom stereocenters. The molecule has 10 nitrogen and oxygen atoms in total. The lowest BCUT2D eigenvalue weighted by Crippen LogP contribution is -2.39. The van der Waals surface area contributed by atoms with Crippen LogP contribution in [0.3, 0.4) is 0 Å². The number of Topliss-reactive ketones (excluding diaryl/α,β-unsaturated/α-hetero) is 1. The van der Waals surface area contributed by atoms with Crippen molar-refractivity contribution < 1.29 is 27.5 Å². The zero-order valence-corrected chi connectivity index (χ0v) is 25.9. The lowest BCUT2D eigenvalue weighted by atomic mass is 10.1. The number of nitrogens with one attached hydrogen (secondary N) is 2. The zero-order chi connectivity index (χ0) is 30.2. The molecule has 1 heterocycles. The number of ketones is 1. The van der Waals surface area contributed by atoms with Crippen molar-refractivity contribution in [2.75, 3.05) is 38.7 Å². The molecule has 0 aromatic heterocycles. The van der Waals surface area contributed by atoms with Crippen molar-refractivity contribution in [3.8, 4) is 0 Å². The summed E-state index contributed by atoms with van der Waals surface area (Å²) in [7, 11) is -3.70. The molecule has 0 radical (unpaired) electrons. The average molecular weight is 628 g/mol. The third-order valence-electron chi connectivity index (χ3n) is 5.82. The zero-order valence-electron chi connectivity index (χ0n) is 23.6. The van der Waals surface area contributed by atoms with Crippen molar-refractivity contribution in [3.63, 3.8) is 0 Å². The molecule has 1 atom stereocenters. The summed E-state index contributed by atoms with van der Waals surface area (Å²) >= 11 is 11.9. The van der Waals surface area contributed by atoms with Gasteiger partial charge >= 0.3 is 6.09 Å². The molecule has 2 aromatic rings. The van der Waals surface area contributed by atoms with Gasteiger partial charge < -0.3 is 14.8 Å². The third-order valence-corrected chi connectivity index (χ3v) is 8.31. The number of hydrogen-bond donors (Lipinski definition) is 2. The smallest absolute Gasteiger partial charge is 0.416 e. The largest absolute Gasteiger partial charge is 0.443 e. The first-order valence-electron chi connectivity index (χ1n) is 13.1. The molecule has 2 N–H and O–H groups in total. The molecule has 0 bridgehead atoms. The van der Waals surface area contributed by atoms with Crippen LogP contribution in [0.1, 0.15) is 38.8 Å². The van der Waals surface area contributed by atoms with Gasteiger partial charge in [-0.15, -0.1) is 0 Å². The van der Waals surface area contributed by atoms with Gasteiger partial charge in [-0.3, -0.25) is 20.0 Å². The molecule has 0 saturated heterocycles. The van der Waals surface area contributed by atoms with Gasteiger partial charge in [-0.1, -0.05) is 53.5 Å². The molecule has 0 aliphatic carbocycles. The number of aliphatic imine (C=N–C) groups is 1. The Morgan fingerprint density at radius 2 is 1.83 bits per heavy atom. The van der Waals surface area contributed by atoms with Crippen LogP contribution in [0.2, 0.25) is 10.0 Å². The van der Waals surface area contributed by atoms with E-state index in [0.29, 0.717) is 25.5 Å². The highest BCUT2D eigenvalue weighted by molar-refractivity contribution is 7.91.